The molecule has 0 saturated carbocycles. The van der Waals surface area contributed by atoms with E-state index in [4.69, 9.17) is 5.73 Å². The molecule has 2 heterocycles. The molecule has 3 N–H and O–H groups in total. The Morgan fingerprint density at radius 1 is 0.923 bits per heavy atom. The van der Waals surface area contributed by atoms with Crippen LogP contribution < -0.4 is 11.1 Å². The molecule has 2 aromatic carbocycles. The van der Waals surface area contributed by atoms with Gasteiger partial charge in [0, 0.05) is 24.7 Å². The second kappa shape index (κ2) is 10.4. The predicted molar refractivity (Wildman–Crippen MR) is 108 cm³/mol. The third kappa shape index (κ3) is 5.45. The first-order valence-electron chi connectivity index (χ1n) is 8.98. The Balaban J connectivity index is 0.000000295. The van der Waals surface area contributed by atoms with E-state index >= 15 is 0 Å². The van der Waals surface area contributed by atoms with Gasteiger partial charge in [0.1, 0.15) is 0 Å². The zero-order valence-corrected chi connectivity index (χ0v) is 15.1. The van der Waals surface area contributed by atoms with Crippen molar-refractivity contribution in [2.75, 3.05) is 26.2 Å². The van der Waals surface area contributed by atoms with Gasteiger partial charge in [-0.15, -0.1) is 12.8 Å². The number of terminal acetylenes is 1. The molecule has 4 heteroatoms. The van der Waals surface area contributed by atoms with E-state index < -0.39 is 0 Å². The van der Waals surface area contributed by atoms with Crippen molar-refractivity contribution < 1.29 is 4.79 Å². The molecular weight excluding hydrogens is 322 g/mol. The van der Waals surface area contributed by atoms with E-state index in [-0.39, 0.29) is 11.9 Å². The van der Waals surface area contributed by atoms with E-state index in [0.29, 0.717) is 13.1 Å². The highest BCUT2D eigenvalue weighted by Gasteiger charge is 2.28. The van der Waals surface area contributed by atoms with Crippen molar-refractivity contribution in [1.82, 2.24) is 10.2 Å². The largest absolute Gasteiger partial charge is 0.335 e. The number of hydrogen-bond donors (Lipinski definition) is 2. The van der Waals surface area contributed by atoms with Crippen LogP contribution in [0.25, 0.3) is 11.1 Å². The normalized spacial score (nSPS) is 15.7. The molecule has 2 saturated heterocycles. The van der Waals surface area contributed by atoms with Crippen molar-refractivity contribution in [2.24, 2.45) is 5.73 Å². The van der Waals surface area contributed by atoms with E-state index in [2.05, 4.69) is 30.3 Å². The Morgan fingerprint density at radius 3 is 1.92 bits per heavy atom. The van der Waals surface area contributed by atoms with E-state index in [9.17, 15) is 4.79 Å². The minimum Gasteiger partial charge on any atom is -0.335 e. The molecule has 0 spiro atoms. The number of likely N-dealkylation sites (tertiary alicyclic amines) is 1. The molecule has 0 aromatic heterocycles. The van der Waals surface area contributed by atoms with Gasteiger partial charge in [-0.1, -0.05) is 42.5 Å². The van der Waals surface area contributed by atoms with Gasteiger partial charge in [-0.3, -0.25) is 4.79 Å². The number of carbonyl (C=O) groups excluding carboxylic acids is 1. The van der Waals surface area contributed by atoms with Crippen molar-refractivity contribution in [1.29, 1.82) is 0 Å². The molecule has 26 heavy (non-hydrogen) atoms. The van der Waals surface area contributed by atoms with Gasteiger partial charge in [-0.25, -0.2) is 0 Å². The molecule has 2 aromatic rings. The van der Waals surface area contributed by atoms with Gasteiger partial charge in [0.25, 0.3) is 5.91 Å². The van der Waals surface area contributed by atoms with Crippen LogP contribution >= 0.6 is 0 Å². The number of benzene rings is 2. The molecule has 0 radical (unpaired) electrons. The zero-order chi connectivity index (χ0) is 18.8. The van der Waals surface area contributed by atoms with Crippen molar-refractivity contribution in [3.05, 3.63) is 60.2 Å². The lowest BCUT2D eigenvalue weighted by Gasteiger charge is -2.36. The van der Waals surface area contributed by atoms with Crippen LogP contribution in [0.3, 0.4) is 0 Å². The van der Waals surface area contributed by atoms with Gasteiger partial charge in [0.05, 0.1) is 0 Å². The first-order valence-corrected chi connectivity index (χ1v) is 8.98. The fraction of sp³-hybridized carbons (Fsp3) is 0.318. The van der Waals surface area contributed by atoms with Crippen molar-refractivity contribution in [3.63, 3.8) is 0 Å². The number of hydrogen-bond acceptors (Lipinski definition) is 3. The maximum Gasteiger partial charge on any atom is 0.253 e. The average Bonchev–Trinajstić information content (AvgIpc) is 3.28. The van der Waals surface area contributed by atoms with Crippen LogP contribution in [0.1, 0.15) is 23.2 Å². The number of amides is 1. The van der Waals surface area contributed by atoms with Gasteiger partial charge in [0.15, 0.2) is 0 Å². The number of nitrogens with one attached hydrogen (secondary N) is 1. The number of nitrogens with zero attached hydrogens (tertiary/aromatic N) is 1. The molecule has 2 aliphatic heterocycles. The second-order valence-corrected chi connectivity index (χ2v) is 6.37. The highest BCUT2D eigenvalue weighted by atomic mass is 16.2. The summed E-state index contributed by atoms with van der Waals surface area (Å²) in [7, 11) is 0. The Morgan fingerprint density at radius 2 is 1.46 bits per heavy atom. The Hall–Kier alpha value is -2.61. The number of nitrogens with two attached hydrogens (primary N) is 1. The summed E-state index contributed by atoms with van der Waals surface area (Å²) in [6.07, 6.45) is 10.8. The Bertz CT molecular complexity index is 677. The third-order valence-electron chi connectivity index (χ3n) is 4.39. The lowest BCUT2D eigenvalue weighted by Crippen LogP contribution is -2.57. The number of rotatable bonds is 2. The summed E-state index contributed by atoms with van der Waals surface area (Å²) in [6, 6.07) is 18.0. The standard InChI is InChI=1S/C16H16N2O.C4H9N.C2H2/c17-15-10-18(11-15)16(19)14-8-6-13(7-9-14)12-4-2-1-3-5-12;1-2-4-5-3-1;1-2/h1-9,15H,10-11,17H2;5H,1-4H2;1-2H. The summed E-state index contributed by atoms with van der Waals surface area (Å²) in [5.41, 5.74) is 8.70. The number of carbonyl (C=O) groups is 1. The average molecular weight is 349 g/mol. The monoisotopic (exact) mass is 349 g/mol. The quantitative estimate of drug-likeness (QED) is 0.820. The summed E-state index contributed by atoms with van der Waals surface area (Å²) in [5.74, 6) is 0.0707. The highest BCUT2D eigenvalue weighted by Crippen LogP contribution is 2.20. The molecule has 1 amide bonds. The minimum atomic E-state index is 0.0707. The van der Waals surface area contributed by atoms with Gasteiger partial charge in [-0.05, 0) is 49.2 Å². The Labute approximate surface area is 156 Å². The minimum absolute atomic E-state index is 0.0707. The molecule has 4 rings (SSSR count). The second-order valence-electron chi connectivity index (χ2n) is 6.37. The van der Waals surface area contributed by atoms with Crippen molar-refractivity contribution in [2.45, 2.75) is 18.9 Å². The zero-order valence-electron chi connectivity index (χ0n) is 15.1. The van der Waals surface area contributed by atoms with Crippen LogP contribution in [0.15, 0.2) is 54.6 Å². The lowest BCUT2D eigenvalue weighted by atomic mass is 10.0. The maximum absolute atomic E-state index is 12.1. The molecule has 0 bridgehead atoms. The lowest BCUT2D eigenvalue weighted by molar-refractivity contribution is 0.0608. The van der Waals surface area contributed by atoms with Gasteiger partial charge in [0.2, 0.25) is 0 Å². The highest BCUT2D eigenvalue weighted by molar-refractivity contribution is 5.95. The fourth-order valence-corrected chi connectivity index (χ4v) is 2.92. The molecule has 136 valence electrons. The van der Waals surface area contributed by atoms with Gasteiger partial charge in [-0.2, -0.15) is 0 Å². The first-order chi connectivity index (χ1) is 12.7. The van der Waals surface area contributed by atoms with E-state index in [1.807, 2.05) is 42.5 Å². The fourth-order valence-electron chi connectivity index (χ4n) is 2.92. The molecule has 4 nitrogen and oxygen atoms in total. The van der Waals surface area contributed by atoms with Crippen LogP contribution in [0.2, 0.25) is 0 Å². The summed E-state index contributed by atoms with van der Waals surface area (Å²) < 4.78 is 0. The first kappa shape index (κ1) is 19.7. The SMILES string of the molecule is C#C.C1CCNC1.NC1CN(C(=O)c2ccc(-c3ccccc3)cc2)C1. The van der Waals surface area contributed by atoms with Crippen LogP contribution in [-0.4, -0.2) is 43.0 Å². The van der Waals surface area contributed by atoms with Gasteiger partial charge >= 0.3 is 0 Å². The molecule has 0 aliphatic carbocycles. The van der Waals surface area contributed by atoms with Crippen LogP contribution in [0, 0.1) is 12.8 Å². The van der Waals surface area contributed by atoms with Crippen LogP contribution in [0.5, 0.6) is 0 Å². The van der Waals surface area contributed by atoms with Crippen molar-refractivity contribution >= 4 is 5.91 Å². The smallest absolute Gasteiger partial charge is 0.253 e. The van der Waals surface area contributed by atoms with E-state index in [1.165, 1.54) is 25.9 Å². The molecule has 0 unspecified atom stereocenters. The summed E-state index contributed by atoms with van der Waals surface area (Å²) in [6.45, 7) is 3.83. The molecular formula is C22H27N3O. The Kier molecular flexibility index (Phi) is 7.88. The van der Waals surface area contributed by atoms with E-state index in [0.717, 1.165) is 16.7 Å². The molecule has 0 atom stereocenters. The topological polar surface area (TPSA) is 58.4 Å². The summed E-state index contributed by atoms with van der Waals surface area (Å²) in [4.78, 5) is 13.9. The summed E-state index contributed by atoms with van der Waals surface area (Å²) >= 11 is 0. The third-order valence-corrected chi connectivity index (χ3v) is 4.39. The van der Waals surface area contributed by atoms with Crippen LogP contribution in [0.4, 0.5) is 0 Å². The van der Waals surface area contributed by atoms with Crippen LogP contribution in [-0.2, 0) is 0 Å². The molecule has 2 fully saturated rings. The predicted octanol–water partition coefficient (Wildman–Crippen LogP) is 2.76. The maximum atomic E-state index is 12.1. The molecule has 2 aliphatic rings. The summed E-state index contributed by atoms with van der Waals surface area (Å²) in [5, 5.41) is 3.22. The van der Waals surface area contributed by atoms with E-state index in [1.54, 1.807) is 4.90 Å². The van der Waals surface area contributed by atoms with Gasteiger partial charge < -0.3 is 16.0 Å². The van der Waals surface area contributed by atoms with Crippen molar-refractivity contribution in [3.8, 4) is 24.0 Å².